The van der Waals surface area contributed by atoms with Gasteiger partial charge in [0.25, 0.3) is 5.56 Å². The molecule has 0 bridgehead atoms. The highest BCUT2D eigenvalue weighted by atomic mass is 32.2. The number of benzene rings is 2. The Balaban J connectivity index is 1.76. The number of methoxy groups -OCH3 is 1. The zero-order chi connectivity index (χ0) is 22.0. The first kappa shape index (κ1) is 21.6. The molecule has 1 aliphatic carbocycles. The van der Waals surface area contributed by atoms with Crippen molar-refractivity contribution < 1.29 is 13.2 Å². The maximum atomic E-state index is 13.6. The number of nitrogens with one attached hydrogen (secondary N) is 1. The van der Waals surface area contributed by atoms with Crippen LogP contribution in [-0.4, -0.2) is 30.9 Å². The van der Waals surface area contributed by atoms with Crippen LogP contribution in [0.2, 0.25) is 0 Å². The molecule has 1 fully saturated rings. The van der Waals surface area contributed by atoms with Gasteiger partial charge in [0.2, 0.25) is 10.0 Å². The second-order valence-corrected chi connectivity index (χ2v) is 10.1. The Labute approximate surface area is 182 Å². The molecule has 1 heterocycles. The molecule has 0 spiro atoms. The summed E-state index contributed by atoms with van der Waals surface area (Å²) in [4.78, 5) is 16.0. The summed E-state index contributed by atoms with van der Waals surface area (Å²) in [5.74, 6) is 0.601. The summed E-state index contributed by atoms with van der Waals surface area (Å²) in [6, 6.07) is 14.0. The molecule has 0 radical (unpaired) electrons. The van der Waals surface area contributed by atoms with E-state index in [-0.39, 0.29) is 23.0 Å². The molecule has 0 aliphatic heterocycles. The van der Waals surface area contributed by atoms with E-state index in [0.29, 0.717) is 11.3 Å². The molecule has 1 aliphatic rings. The monoisotopic (exact) mass is 440 g/mol. The lowest BCUT2D eigenvalue weighted by atomic mass is 9.95. The lowest BCUT2D eigenvalue weighted by Crippen LogP contribution is -2.42. The van der Waals surface area contributed by atoms with Gasteiger partial charge in [0.05, 0.1) is 17.5 Å². The van der Waals surface area contributed by atoms with E-state index in [1.165, 1.54) is 4.31 Å². The Morgan fingerprint density at radius 2 is 1.77 bits per heavy atom. The largest absolute Gasteiger partial charge is 0.497 e. The molecule has 31 heavy (non-hydrogen) atoms. The number of fused-ring (bicyclic) bond motifs is 1. The third-order valence-corrected chi connectivity index (χ3v) is 8.05. The van der Waals surface area contributed by atoms with Crippen LogP contribution in [0, 0.1) is 6.92 Å². The van der Waals surface area contributed by atoms with Gasteiger partial charge < -0.3 is 9.72 Å². The van der Waals surface area contributed by atoms with E-state index in [9.17, 15) is 13.2 Å². The summed E-state index contributed by atoms with van der Waals surface area (Å²) in [5.41, 5.74) is 1.99. The van der Waals surface area contributed by atoms with Crippen LogP contribution in [0.25, 0.3) is 10.9 Å². The van der Waals surface area contributed by atoms with Gasteiger partial charge in [-0.05, 0) is 61.0 Å². The van der Waals surface area contributed by atoms with E-state index in [1.807, 2.05) is 31.2 Å². The number of sulfonamides is 1. The van der Waals surface area contributed by atoms with E-state index in [2.05, 4.69) is 4.98 Å². The zero-order valence-electron chi connectivity index (χ0n) is 17.9. The van der Waals surface area contributed by atoms with Gasteiger partial charge in [0.15, 0.2) is 0 Å². The Bertz CT molecular complexity index is 1230. The fourth-order valence-corrected chi connectivity index (χ4v) is 6.04. The van der Waals surface area contributed by atoms with Crippen molar-refractivity contribution >= 4 is 20.9 Å². The number of aromatic nitrogens is 1. The molecule has 6 nitrogen and oxygen atoms in total. The summed E-state index contributed by atoms with van der Waals surface area (Å²) in [5, 5.41) is 0.903. The van der Waals surface area contributed by atoms with Crippen molar-refractivity contribution in [2.45, 2.75) is 56.5 Å². The van der Waals surface area contributed by atoms with Crippen molar-refractivity contribution in [3.05, 3.63) is 70.0 Å². The first-order chi connectivity index (χ1) is 14.9. The maximum Gasteiger partial charge on any atom is 0.252 e. The number of hydrogen-bond acceptors (Lipinski definition) is 4. The summed E-state index contributed by atoms with van der Waals surface area (Å²) in [7, 11) is -2.23. The zero-order valence-corrected chi connectivity index (χ0v) is 18.7. The normalized spacial score (nSPS) is 15.5. The molecule has 0 atom stereocenters. The van der Waals surface area contributed by atoms with Crippen LogP contribution in [0.3, 0.4) is 0 Å². The number of aryl methyl sites for hydroxylation is 1. The number of para-hydroxylation sites is 1. The maximum absolute atomic E-state index is 13.6. The van der Waals surface area contributed by atoms with Gasteiger partial charge in [-0.25, -0.2) is 8.42 Å². The van der Waals surface area contributed by atoms with Crippen LogP contribution >= 0.6 is 0 Å². The summed E-state index contributed by atoms with van der Waals surface area (Å²) in [6.45, 7) is 2.00. The predicted octanol–water partition coefficient (Wildman–Crippen LogP) is 4.37. The molecule has 4 rings (SSSR count). The molecule has 7 heteroatoms. The minimum absolute atomic E-state index is 0.0538. The molecular weight excluding hydrogens is 412 g/mol. The Morgan fingerprint density at radius 3 is 2.45 bits per heavy atom. The van der Waals surface area contributed by atoms with Crippen LogP contribution < -0.4 is 10.3 Å². The standard InChI is InChI=1S/C24H28N2O4S/c1-17-7-6-8-18-15-19(24(27)25-23(17)18)16-26(20-9-4-3-5-10-20)31(28,29)22-13-11-21(30-2)12-14-22/h6-8,11-15,20H,3-5,9-10,16H2,1-2H3,(H,25,27). The quantitative estimate of drug-likeness (QED) is 0.617. The first-order valence-corrected chi connectivity index (χ1v) is 12.1. The highest BCUT2D eigenvalue weighted by Gasteiger charge is 2.33. The number of nitrogens with zero attached hydrogens (tertiary/aromatic N) is 1. The van der Waals surface area contributed by atoms with Crippen molar-refractivity contribution in [3.63, 3.8) is 0 Å². The van der Waals surface area contributed by atoms with Gasteiger partial charge in [-0.2, -0.15) is 4.31 Å². The SMILES string of the molecule is COc1ccc(S(=O)(=O)N(Cc2cc3cccc(C)c3[nH]c2=O)C2CCCCC2)cc1. The third-order valence-electron chi connectivity index (χ3n) is 6.14. The van der Waals surface area contributed by atoms with E-state index < -0.39 is 10.0 Å². The number of ether oxygens (including phenoxy) is 1. The van der Waals surface area contributed by atoms with Crippen molar-refractivity contribution in [1.29, 1.82) is 0 Å². The molecule has 1 N–H and O–H groups in total. The van der Waals surface area contributed by atoms with Crippen LogP contribution in [0.4, 0.5) is 0 Å². The predicted molar refractivity (Wildman–Crippen MR) is 122 cm³/mol. The minimum Gasteiger partial charge on any atom is -0.497 e. The Morgan fingerprint density at radius 1 is 1.06 bits per heavy atom. The van der Waals surface area contributed by atoms with Gasteiger partial charge in [0, 0.05) is 18.2 Å². The molecule has 0 amide bonds. The fourth-order valence-electron chi connectivity index (χ4n) is 4.38. The molecule has 3 aromatic rings. The molecule has 2 aromatic carbocycles. The van der Waals surface area contributed by atoms with Gasteiger partial charge in [-0.3, -0.25) is 4.79 Å². The molecule has 0 unspecified atom stereocenters. The molecule has 1 saturated carbocycles. The van der Waals surface area contributed by atoms with E-state index >= 15 is 0 Å². The summed E-state index contributed by atoms with van der Waals surface area (Å²) >= 11 is 0. The Hall–Kier alpha value is -2.64. The van der Waals surface area contributed by atoms with E-state index in [4.69, 9.17) is 4.74 Å². The lowest BCUT2D eigenvalue weighted by molar-refractivity contribution is 0.247. The summed E-state index contributed by atoms with van der Waals surface area (Å²) in [6.07, 6.45) is 4.71. The number of H-pyrrole nitrogens is 1. The minimum atomic E-state index is -3.78. The lowest BCUT2D eigenvalue weighted by Gasteiger charge is -2.33. The first-order valence-electron chi connectivity index (χ1n) is 10.7. The number of aromatic amines is 1. The molecular formula is C24H28N2O4S. The molecule has 0 saturated heterocycles. The van der Waals surface area contributed by atoms with E-state index in [1.54, 1.807) is 31.4 Å². The van der Waals surface area contributed by atoms with Gasteiger partial charge in [-0.1, -0.05) is 37.5 Å². The van der Waals surface area contributed by atoms with Crippen molar-refractivity contribution in [2.24, 2.45) is 0 Å². The van der Waals surface area contributed by atoms with E-state index in [0.717, 1.165) is 48.6 Å². The van der Waals surface area contributed by atoms with Crippen LogP contribution in [-0.2, 0) is 16.6 Å². The van der Waals surface area contributed by atoms with Crippen molar-refractivity contribution in [3.8, 4) is 5.75 Å². The fraction of sp³-hybridized carbons (Fsp3) is 0.375. The number of rotatable bonds is 6. The second-order valence-electron chi connectivity index (χ2n) is 8.18. The number of pyridine rings is 1. The van der Waals surface area contributed by atoms with Crippen molar-refractivity contribution in [2.75, 3.05) is 7.11 Å². The van der Waals surface area contributed by atoms with Crippen LogP contribution in [0.15, 0.2) is 58.2 Å². The highest BCUT2D eigenvalue weighted by Crippen LogP contribution is 2.30. The van der Waals surface area contributed by atoms with Gasteiger partial charge >= 0.3 is 0 Å². The smallest absolute Gasteiger partial charge is 0.252 e. The highest BCUT2D eigenvalue weighted by molar-refractivity contribution is 7.89. The topological polar surface area (TPSA) is 79.5 Å². The number of hydrogen-bond donors (Lipinski definition) is 1. The van der Waals surface area contributed by atoms with Crippen LogP contribution in [0.1, 0.15) is 43.2 Å². The average molecular weight is 441 g/mol. The van der Waals surface area contributed by atoms with Gasteiger partial charge in [0.1, 0.15) is 5.75 Å². The average Bonchev–Trinajstić information content (AvgIpc) is 2.79. The second kappa shape index (κ2) is 8.85. The third kappa shape index (κ3) is 4.38. The van der Waals surface area contributed by atoms with Crippen molar-refractivity contribution in [1.82, 2.24) is 9.29 Å². The Kier molecular flexibility index (Phi) is 6.16. The molecule has 164 valence electrons. The van der Waals surface area contributed by atoms with Crippen LogP contribution in [0.5, 0.6) is 5.75 Å². The summed E-state index contributed by atoms with van der Waals surface area (Å²) < 4.78 is 34.0. The van der Waals surface area contributed by atoms with Gasteiger partial charge in [-0.15, -0.1) is 0 Å². The molecule has 1 aromatic heterocycles.